The number of fused-ring (bicyclic) bond motifs is 1. The van der Waals surface area contributed by atoms with Gasteiger partial charge in [-0.15, -0.1) is 0 Å². The molecule has 0 saturated carbocycles. The summed E-state index contributed by atoms with van der Waals surface area (Å²) in [6.45, 7) is 2.11. The molecule has 1 aromatic heterocycles. The molecule has 0 atom stereocenters. The van der Waals surface area contributed by atoms with Crippen molar-refractivity contribution in [3.63, 3.8) is 0 Å². The van der Waals surface area contributed by atoms with Gasteiger partial charge in [-0.05, 0) is 53.4 Å². The summed E-state index contributed by atoms with van der Waals surface area (Å²) in [7, 11) is 0. The summed E-state index contributed by atoms with van der Waals surface area (Å²) in [5.41, 5.74) is 5.80. The molecule has 5 aromatic rings. The molecular formula is C29H23ClN2O2. The van der Waals surface area contributed by atoms with Gasteiger partial charge in [-0.3, -0.25) is 4.79 Å². The molecule has 1 heterocycles. The molecule has 0 aliphatic carbocycles. The highest BCUT2D eigenvalue weighted by Crippen LogP contribution is 2.33. The van der Waals surface area contributed by atoms with Crippen LogP contribution < -0.4 is 5.32 Å². The lowest BCUT2D eigenvalue weighted by Gasteiger charge is -2.18. The molecule has 0 fully saturated rings. The van der Waals surface area contributed by atoms with Crippen molar-refractivity contribution < 1.29 is 9.21 Å². The van der Waals surface area contributed by atoms with Gasteiger partial charge in [0.15, 0.2) is 5.58 Å². The number of benzene rings is 4. The number of oxazole rings is 1. The topological polar surface area (TPSA) is 55.1 Å². The second-order valence-corrected chi connectivity index (χ2v) is 8.52. The number of nitrogens with zero attached hydrogens (tertiary/aromatic N) is 1. The quantitative estimate of drug-likeness (QED) is 0.282. The fourth-order valence-corrected chi connectivity index (χ4v) is 4.23. The van der Waals surface area contributed by atoms with E-state index in [0.29, 0.717) is 16.6 Å². The molecule has 1 amide bonds. The van der Waals surface area contributed by atoms with Crippen LogP contribution >= 0.6 is 11.6 Å². The van der Waals surface area contributed by atoms with Crippen LogP contribution in [0.25, 0.3) is 22.6 Å². The highest BCUT2D eigenvalue weighted by atomic mass is 35.5. The van der Waals surface area contributed by atoms with Crippen LogP contribution in [0.15, 0.2) is 101 Å². The van der Waals surface area contributed by atoms with Crippen LogP contribution in [0.2, 0.25) is 5.02 Å². The van der Waals surface area contributed by atoms with Gasteiger partial charge in [0.25, 0.3) is 0 Å². The summed E-state index contributed by atoms with van der Waals surface area (Å²) in [6.07, 6.45) is 0.930. The lowest BCUT2D eigenvalue weighted by atomic mass is 9.90. The van der Waals surface area contributed by atoms with Crippen LogP contribution in [-0.2, 0) is 11.2 Å². The zero-order chi connectivity index (χ0) is 23.5. The van der Waals surface area contributed by atoms with Gasteiger partial charge < -0.3 is 9.73 Å². The highest BCUT2D eigenvalue weighted by molar-refractivity contribution is 6.34. The van der Waals surface area contributed by atoms with E-state index in [4.69, 9.17) is 16.0 Å². The number of amides is 1. The lowest BCUT2D eigenvalue weighted by molar-refractivity contribution is -0.116. The predicted octanol–water partition coefficient (Wildman–Crippen LogP) is 7.48. The number of aromatic nitrogens is 1. The molecule has 0 bridgehead atoms. The van der Waals surface area contributed by atoms with Crippen LogP contribution in [0.4, 0.5) is 5.69 Å². The second kappa shape index (κ2) is 9.54. The first kappa shape index (κ1) is 21.9. The minimum Gasteiger partial charge on any atom is -0.436 e. The first-order valence-corrected chi connectivity index (χ1v) is 11.6. The highest BCUT2D eigenvalue weighted by Gasteiger charge is 2.23. The predicted molar refractivity (Wildman–Crippen MR) is 137 cm³/mol. The Hall–Kier alpha value is -3.89. The van der Waals surface area contributed by atoms with Crippen molar-refractivity contribution in [3.05, 3.63) is 119 Å². The van der Waals surface area contributed by atoms with E-state index in [-0.39, 0.29) is 5.91 Å². The third-order valence-corrected chi connectivity index (χ3v) is 6.19. The summed E-state index contributed by atoms with van der Waals surface area (Å²) in [6, 6.07) is 30.8. The van der Waals surface area contributed by atoms with Crippen molar-refractivity contribution in [2.24, 2.45) is 0 Å². The van der Waals surface area contributed by atoms with E-state index in [0.717, 1.165) is 34.2 Å². The van der Waals surface area contributed by atoms with Crippen molar-refractivity contribution in [2.75, 3.05) is 5.32 Å². The minimum atomic E-state index is -0.473. The lowest BCUT2D eigenvalue weighted by Crippen LogP contribution is -2.22. The molecule has 4 aromatic carbocycles. The Morgan fingerprint density at radius 2 is 1.59 bits per heavy atom. The summed E-state index contributed by atoms with van der Waals surface area (Å²) >= 11 is 6.48. The monoisotopic (exact) mass is 466 g/mol. The number of hydrogen-bond acceptors (Lipinski definition) is 3. The number of hydrogen-bond donors (Lipinski definition) is 1. The van der Waals surface area contributed by atoms with E-state index in [9.17, 15) is 4.79 Å². The Labute approximate surface area is 203 Å². The van der Waals surface area contributed by atoms with Gasteiger partial charge in [0.1, 0.15) is 5.52 Å². The first-order chi connectivity index (χ1) is 16.6. The molecule has 0 spiro atoms. The zero-order valence-electron chi connectivity index (χ0n) is 18.7. The molecule has 0 saturated heterocycles. The van der Waals surface area contributed by atoms with Gasteiger partial charge in [0, 0.05) is 5.56 Å². The van der Waals surface area contributed by atoms with Gasteiger partial charge >= 0.3 is 0 Å². The molecule has 4 nitrogen and oxygen atoms in total. The van der Waals surface area contributed by atoms with E-state index in [1.165, 1.54) is 5.56 Å². The first-order valence-electron chi connectivity index (χ1n) is 11.2. The van der Waals surface area contributed by atoms with Crippen molar-refractivity contribution in [2.45, 2.75) is 19.3 Å². The maximum atomic E-state index is 13.5. The van der Waals surface area contributed by atoms with Gasteiger partial charge in [-0.2, -0.15) is 0 Å². The Kier molecular flexibility index (Phi) is 6.15. The fourth-order valence-electron chi connectivity index (χ4n) is 4.06. The smallest absolute Gasteiger partial charge is 0.236 e. The average molecular weight is 467 g/mol. The average Bonchev–Trinajstić information content (AvgIpc) is 3.30. The van der Waals surface area contributed by atoms with Gasteiger partial charge in [-0.25, -0.2) is 4.98 Å². The molecule has 0 radical (unpaired) electrons. The van der Waals surface area contributed by atoms with Crippen LogP contribution in [0.1, 0.15) is 29.5 Å². The molecule has 0 aliphatic rings. The third kappa shape index (κ3) is 4.45. The largest absolute Gasteiger partial charge is 0.436 e. The summed E-state index contributed by atoms with van der Waals surface area (Å²) in [5, 5.41) is 3.47. The van der Waals surface area contributed by atoms with Gasteiger partial charge in [-0.1, -0.05) is 85.3 Å². The minimum absolute atomic E-state index is 0.165. The number of aryl methyl sites for hydroxylation is 1. The van der Waals surface area contributed by atoms with Gasteiger partial charge in [0.05, 0.1) is 16.6 Å². The molecular weight excluding hydrogens is 444 g/mol. The molecule has 5 rings (SSSR count). The van der Waals surface area contributed by atoms with E-state index in [2.05, 4.69) is 17.2 Å². The fraction of sp³-hybridized carbons (Fsp3) is 0.103. The number of carbonyl (C=O) groups excluding carboxylic acids is 1. The Bertz CT molecular complexity index is 1410. The number of rotatable bonds is 6. The molecule has 0 aliphatic heterocycles. The van der Waals surface area contributed by atoms with Crippen LogP contribution in [-0.4, -0.2) is 10.9 Å². The van der Waals surface area contributed by atoms with E-state index in [1.54, 1.807) is 12.1 Å². The second-order valence-electron chi connectivity index (χ2n) is 8.11. The third-order valence-electron chi connectivity index (χ3n) is 5.86. The summed E-state index contributed by atoms with van der Waals surface area (Å²) < 4.78 is 5.97. The molecule has 168 valence electrons. The number of anilines is 1. The Balaban J connectivity index is 1.48. The maximum Gasteiger partial charge on any atom is 0.236 e. The van der Waals surface area contributed by atoms with Crippen LogP contribution in [0, 0.1) is 0 Å². The summed E-state index contributed by atoms with van der Waals surface area (Å²) in [5.74, 6) is -0.154. The number of nitrogens with one attached hydrogen (secondary N) is 1. The SMILES string of the molecule is CCc1ccc2oc(-c3ccc(Cl)c(NC(=O)C(c4ccccc4)c4ccccc4)c3)nc2c1. The Morgan fingerprint density at radius 3 is 2.24 bits per heavy atom. The zero-order valence-corrected chi connectivity index (χ0v) is 19.4. The van der Waals surface area contributed by atoms with Crippen molar-refractivity contribution >= 4 is 34.3 Å². The molecule has 34 heavy (non-hydrogen) atoms. The van der Waals surface area contributed by atoms with E-state index >= 15 is 0 Å². The van der Waals surface area contributed by atoms with Crippen molar-refractivity contribution in [3.8, 4) is 11.5 Å². The molecule has 1 N–H and O–H groups in total. The molecule has 0 unspecified atom stereocenters. The summed E-state index contributed by atoms with van der Waals surface area (Å²) in [4.78, 5) is 18.2. The van der Waals surface area contributed by atoms with Crippen molar-refractivity contribution in [1.82, 2.24) is 4.98 Å². The van der Waals surface area contributed by atoms with Crippen LogP contribution in [0.5, 0.6) is 0 Å². The standard InChI is InChI=1S/C29H23ClN2O2/c1-2-19-13-16-26-25(17-19)32-29(34-26)22-14-15-23(30)24(18-22)31-28(33)27(20-9-5-3-6-10-20)21-11-7-4-8-12-21/h3-18,27H,2H2,1H3,(H,31,33). The van der Waals surface area contributed by atoms with E-state index in [1.807, 2.05) is 84.9 Å². The maximum absolute atomic E-state index is 13.5. The van der Waals surface area contributed by atoms with Crippen molar-refractivity contribution in [1.29, 1.82) is 0 Å². The normalized spacial score (nSPS) is 11.1. The van der Waals surface area contributed by atoms with Crippen LogP contribution in [0.3, 0.4) is 0 Å². The number of halogens is 1. The number of carbonyl (C=O) groups is 1. The Morgan fingerprint density at radius 1 is 0.912 bits per heavy atom. The van der Waals surface area contributed by atoms with Gasteiger partial charge in [0.2, 0.25) is 11.8 Å². The molecule has 5 heteroatoms. The van der Waals surface area contributed by atoms with E-state index < -0.39 is 5.92 Å².